The molecule has 1 unspecified atom stereocenters. The Hall–Kier alpha value is -4.00. The lowest BCUT2D eigenvalue weighted by Gasteiger charge is -2.17. The van der Waals surface area contributed by atoms with E-state index < -0.39 is 0 Å². The quantitative estimate of drug-likeness (QED) is 0.399. The molecule has 0 radical (unpaired) electrons. The van der Waals surface area contributed by atoms with Crippen LogP contribution >= 0.6 is 0 Å². The van der Waals surface area contributed by atoms with Crippen LogP contribution in [-0.4, -0.2) is 25.1 Å². The van der Waals surface area contributed by atoms with E-state index in [4.69, 9.17) is 18.6 Å². The number of carbonyl (C=O) groups excluding carboxylic acids is 1. The molecule has 1 atom stereocenters. The van der Waals surface area contributed by atoms with Crippen LogP contribution in [0.1, 0.15) is 40.2 Å². The van der Waals surface area contributed by atoms with Crippen molar-refractivity contribution in [3.05, 3.63) is 83.4 Å². The number of hydrogen-bond acceptors (Lipinski definition) is 6. The lowest BCUT2D eigenvalue weighted by atomic mass is 10.1. The molecule has 1 amide bonds. The Morgan fingerprint density at radius 3 is 2.55 bits per heavy atom. The molecule has 0 aliphatic rings. The molecular formula is C26H26N2O5. The summed E-state index contributed by atoms with van der Waals surface area (Å²) in [7, 11) is 3.20. The van der Waals surface area contributed by atoms with Crippen molar-refractivity contribution in [2.75, 3.05) is 14.2 Å². The highest BCUT2D eigenvalue weighted by Gasteiger charge is 2.21. The summed E-state index contributed by atoms with van der Waals surface area (Å²) >= 11 is 0. The fraction of sp³-hybridized carbons (Fsp3) is 0.231. The van der Waals surface area contributed by atoms with E-state index in [0.29, 0.717) is 29.4 Å². The van der Waals surface area contributed by atoms with Gasteiger partial charge in [0.15, 0.2) is 17.3 Å². The minimum absolute atomic E-state index is 0.275. The number of aromatic nitrogens is 1. The van der Waals surface area contributed by atoms with Crippen molar-refractivity contribution in [2.45, 2.75) is 26.5 Å². The van der Waals surface area contributed by atoms with Gasteiger partial charge in [0, 0.05) is 23.3 Å². The van der Waals surface area contributed by atoms with E-state index in [1.807, 2.05) is 50.2 Å². The molecule has 2 heterocycles. The zero-order chi connectivity index (χ0) is 23.4. The first-order valence-electron chi connectivity index (χ1n) is 10.6. The van der Waals surface area contributed by atoms with E-state index in [-0.39, 0.29) is 17.7 Å². The number of ether oxygens (including phenoxy) is 3. The number of benzene rings is 2. The SMILES string of the molecule is COc1ccc2oc(C(=O)NC(C)c3ccc(OCc4ccncc4)c(OC)c3)c(C)c2c1. The smallest absolute Gasteiger partial charge is 0.287 e. The summed E-state index contributed by atoms with van der Waals surface area (Å²) in [5, 5.41) is 3.86. The number of nitrogens with zero attached hydrogens (tertiary/aromatic N) is 1. The minimum atomic E-state index is -0.285. The van der Waals surface area contributed by atoms with Gasteiger partial charge in [0.1, 0.15) is 17.9 Å². The van der Waals surface area contributed by atoms with Crippen LogP contribution < -0.4 is 19.5 Å². The van der Waals surface area contributed by atoms with Gasteiger partial charge in [0.25, 0.3) is 5.91 Å². The lowest BCUT2D eigenvalue weighted by Crippen LogP contribution is -2.26. The molecule has 0 spiro atoms. The predicted molar refractivity (Wildman–Crippen MR) is 125 cm³/mol. The number of hydrogen-bond donors (Lipinski definition) is 1. The van der Waals surface area contributed by atoms with Gasteiger partial charge >= 0.3 is 0 Å². The minimum Gasteiger partial charge on any atom is -0.497 e. The highest BCUT2D eigenvalue weighted by molar-refractivity contribution is 5.99. The van der Waals surface area contributed by atoms with Crippen molar-refractivity contribution < 1.29 is 23.4 Å². The molecule has 0 fully saturated rings. The van der Waals surface area contributed by atoms with Crippen LogP contribution in [0.25, 0.3) is 11.0 Å². The number of pyridine rings is 1. The maximum Gasteiger partial charge on any atom is 0.287 e. The molecule has 4 rings (SSSR count). The van der Waals surface area contributed by atoms with Crippen LogP contribution in [0.2, 0.25) is 0 Å². The van der Waals surface area contributed by atoms with Gasteiger partial charge in [-0.2, -0.15) is 0 Å². The first kappa shape index (κ1) is 22.2. The molecule has 0 saturated carbocycles. The van der Waals surface area contributed by atoms with Crippen molar-refractivity contribution in [2.24, 2.45) is 0 Å². The van der Waals surface area contributed by atoms with Gasteiger partial charge in [0.2, 0.25) is 0 Å². The second-order valence-electron chi connectivity index (χ2n) is 7.67. The van der Waals surface area contributed by atoms with Gasteiger partial charge in [-0.15, -0.1) is 0 Å². The number of rotatable bonds is 8. The highest BCUT2D eigenvalue weighted by atomic mass is 16.5. The van der Waals surface area contributed by atoms with Gasteiger partial charge in [0.05, 0.1) is 20.3 Å². The lowest BCUT2D eigenvalue weighted by molar-refractivity contribution is 0.0913. The number of methoxy groups -OCH3 is 2. The largest absolute Gasteiger partial charge is 0.497 e. The van der Waals surface area contributed by atoms with Gasteiger partial charge in [-0.05, 0) is 67.4 Å². The topological polar surface area (TPSA) is 82.8 Å². The highest BCUT2D eigenvalue weighted by Crippen LogP contribution is 2.32. The number of fused-ring (bicyclic) bond motifs is 1. The van der Waals surface area contributed by atoms with Crippen molar-refractivity contribution in [3.8, 4) is 17.2 Å². The van der Waals surface area contributed by atoms with Crippen LogP contribution in [0.3, 0.4) is 0 Å². The summed E-state index contributed by atoms with van der Waals surface area (Å²) in [6, 6.07) is 14.6. The zero-order valence-electron chi connectivity index (χ0n) is 19.0. The number of nitrogens with one attached hydrogen (secondary N) is 1. The fourth-order valence-corrected chi connectivity index (χ4v) is 3.60. The van der Waals surface area contributed by atoms with Crippen molar-refractivity contribution >= 4 is 16.9 Å². The van der Waals surface area contributed by atoms with Crippen LogP contribution in [0.4, 0.5) is 0 Å². The first-order valence-corrected chi connectivity index (χ1v) is 10.6. The molecular weight excluding hydrogens is 420 g/mol. The first-order chi connectivity index (χ1) is 16.0. The van der Waals surface area contributed by atoms with E-state index >= 15 is 0 Å². The van der Waals surface area contributed by atoms with E-state index in [9.17, 15) is 4.79 Å². The summed E-state index contributed by atoms with van der Waals surface area (Å²) in [5.41, 5.74) is 3.30. The molecule has 33 heavy (non-hydrogen) atoms. The number of amides is 1. The Kier molecular flexibility index (Phi) is 6.49. The third-order valence-corrected chi connectivity index (χ3v) is 5.53. The van der Waals surface area contributed by atoms with Gasteiger partial charge in [-0.25, -0.2) is 0 Å². The summed E-state index contributed by atoms with van der Waals surface area (Å²) in [6.45, 7) is 4.18. The summed E-state index contributed by atoms with van der Waals surface area (Å²) in [4.78, 5) is 17.0. The molecule has 7 nitrogen and oxygen atoms in total. The Morgan fingerprint density at radius 2 is 1.82 bits per heavy atom. The summed E-state index contributed by atoms with van der Waals surface area (Å²) < 4.78 is 22.5. The second kappa shape index (κ2) is 9.65. The second-order valence-corrected chi connectivity index (χ2v) is 7.67. The van der Waals surface area contributed by atoms with E-state index in [1.165, 1.54) is 0 Å². The van der Waals surface area contributed by atoms with E-state index in [2.05, 4.69) is 10.3 Å². The Balaban J connectivity index is 1.48. The molecule has 1 N–H and O–H groups in total. The molecule has 7 heteroatoms. The van der Waals surface area contributed by atoms with Gasteiger partial charge in [-0.3, -0.25) is 9.78 Å². The predicted octanol–water partition coefficient (Wildman–Crippen LogP) is 5.22. The molecule has 2 aromatic heterocycles. The van der Waals surface area contributed by atoms with E-state index in [0.717, 1.165) is 22.1 Å². The summed E-state index contributed by atoms with van der Waals surface area (Å²) in [5.74, 6) is 1.93. The fourth-order valence-electron chi connectivity index (χ4n) is 3.60. The molecule has 4 aromatic rings. The monoisotopic (exact) mass is 446 g/mol. The van der Waals surface area contributed by atoms with Crippen molar-refractivity contribution in [1.82, 2.24) is 10.3 Å². The molecule has 0 aliphatic carbocycles. The van der Waals surface area contributed by atoms with Crippen LogP contribution in [-0.2, 0) is 6.61 Å². The van der Waals surface area contributed by atoms with Crippen LogP contribution in [0, 0.1) is 6.92 Å². The van der Waals surface area contributed by atoms with Crippen molar-refractivity contribution in [3.63, 3.8) is 0 Å². The maximum absolute atomic E-state index is 13.0. The maximum atomic E-state index is 13.0. The third-order valence-electron chi connectivity index (χ3n) is 5.53. The van der Waals surface area contributed by atoms with Crippen LogP contribution in [0.15, 0.2) is 65.3 Å². The Labute approximate surface area is 192 Å². The molecule has 0 aliphatic heterocycles. The number of carbonyl (C=O) groups is 1. The zero-order valence-corrected chi connectivity index (χ0v) is 19.0. The Morgan fingerprint density at radius 1 is 1.03 bits per heavy atom. The van der Waals surface area contributed by atoms with Gasteiger partial charge < -0.3 is 23.9 Å². The standard InChI is InChI=1S/C26H26N2O5/c1-16-21-14-20(30-3)6-8-22(21)33-25(16)26(29)28-17(2)19-5-7-23(24(13-19)31-4)32-15-18-9-11-27-12-10-18/h5-14,17H,15H2,1-4H3,(H,28,29). The normalized spacial score (nSPS) is 11.8. The molecule has 0 saturated heterocycles. The third kappa shape index (κ3) is 4.77. The molecule has 0 bridgehead atoms. The van der Waals surface area contributed by atoms with Crippen molar-refractivity contribution in [1.29, 1.82) is 0 Å². The molecule has 170 valence electrons. The van der Waals surface area contributed by atoms with Gasteiger partial charge in [-0.1, -0.05) is 6.07 Å². The average molecular weight is 447 g/mol. The average Bonchev–Trinajstić information content (AvgIpc) is 3.18. The number of furan rings is 1. The summed E-state index contributed by atoms with van der Waals surface area (Å²) in [6.07, 6.45) is 3.45. The Bertz CT molecular complexity index is 1270. The van der Waals surface area contributed by atoms with Crippen LogP contribution in [0.5, 0.6) is 17.2 Å². The van der Waals surface area contributed by atoms with E-state index in [1.54, 1.807) is 38.7 Å². The number of aryl methyl sites for hydroxylation is 1. The molecule has 2 aromatic carbocycles.